The first-order chi connectivity index (χ1) is 19.2. The highest BCUT2D eigenvalue weighted by molar-refractivity contribution is 7.99. The molecule has 2 aromatic rings. The van der Waals surface area contributed by atoms with E-state index in [0.29, 0.717) is 16.9 Å². The van der Waals surface area contributed by atoms with Crippen molar-refractivity contribution in [2.75, 3.05) is 37.7 Å². The van der Waals surface area contributed by atoms with Crippen molar-refractivity contribution in [2.24, 2.45) is 0 Å². The minimum Gasteiger partial charge on any atom is -0.467 e. The molecule has 0 aliphatic rings. The highest BCUT2D eigenvalue weighted by Gasteiger charge is 2.27. The molecule has 3 atom stereocenters. The average molecular weight is 626 g/mol. The van der Waals surface area contributed by atoms with E-state index in [4.69, 9.17) is 9.47 Å². The Morgan fingerprint density at radius 1 is 0.775 bits per heavy atom. The van der Waals surface area contributed by atoms with Gasteiger partial charge >= 0.3 is 11.9 Å². The number of carbonyl (C=O) groups excluding carboxylic acids is 5. The number of nitrogens with one attached hydrogen (secondary N) is 3. The van der Waals surface area contributed by atoms with Gasteiger partial charge in [-0.1, -0.05) is 48.3 Å². The fraction of sp³-hybridized carbons (Fsp3) is 0.346. The van der Waals surface area contributed by atoms with Crippen LogP contribution < -0.4 is 15.4 Å². The molecule has 2 amide bonds. The van der Waals surface area contributed by atoms with Crippen LogP contribution in [0.15, 0.2) is 48.5 Å². The third-order valence-electron chi connectivity index (χ3n) is 5.51. The van der Waals surface area contributed by atoms with E-state index in [-0.39, 0.29) is 22.6 Å². The molecule has 40 heavy (non-hydrogen) atoms. The second-order valence-electron chi connectivity index (χ2n) is 8.15. The molecule has 0 radical (unpaired) electrons. The molecule has 0 aliphatic heterocycles. The largest absolute Gasteiger partial charge is 0.467 e. The molecule has 0 saturated heterocycles. The Hall–Kier alpha value is -2.65. The molecule has 0 spiro atoms. The topological polar surface area (TPSA) is 140 Å². The number of methoxy groups -OCH3 is 2. The predicted octanol–water partition coefficient (Wildman–Crippen LogP) is 2.25. The number of carbonyl (C=O) groups is 5. The van der Waals surface area contributed by atoms with Crippen molar-refractivity contribution in [3.05, 3.63) is 59.7 Å². The monoisotopic (exact) mass is 625 g/mol. The first-order valence-corrected chi connectivity index (χ1v) is 15.3. The Labute approximate surface area is 252 Å². The smallest absolute Gasteiger partial charge is 0.329 e. The van der Waals surface area contributed by atoms with Gasteiger partial charge in [-0.25, -0.2) is 9.59 Å². The van der Waals surface area contributed by atoms with Crippen molar-refractivity contribution in [1.82, 2.24) is 15.4 Å². The number of benzene rings is 2. The molecule has 10 nitrogen and oxygen atoms in total. The van der Waals surface area contributed by atoms with Gasteiger partial charge in [0.15, 0.2) is 0 Å². The Kier molecular flexibility index (Phi) is 14.5. The van der Waals surface area contributed by atoms with Crippen LogP contribution in [0.2, 0.25) is 0 Å². The summed E-state index contributed by atoms with van der Waals surface area (Å²) in [6.07, 6.45) is 1.81. The molecule has 3 N–H and O–H groups in total. The number of esters is 2. The van der Waals surface area contributed by atoms with Crippen LogP contribution in [-0.4, -0.2) is 84.7 Å². The second-order valence-corrected chi connectivity index (χ2v) is 10.7. The van der Waals surface area contributed by atoms with E-state index in [9.17, 15) is 24.0 Å². The van der Waals surface area contributed by atoms with Gasteiger partial charge < -0.3 is 20.1 Å². The van der Waals surface area contributed by atoms with Crippen LogP contribution in [0.3, 0.4) is 0 Å². The minimum atomic E-state index is -1.05. The molecule has 0 heterocycles. The third-order valence-corrected chi connectivity index (χ3v) is 7.80. The predicted molar refractivity (Wildman–Crippen MR) is 164 cm³/mol. The summed E-state index contributed by atoms with van der Waals surface area (Å²) in [5.41, 5.74) is 1.35. The highest BCUT2D eigenvalue weighted by atomic mass is 32.2. The van der Waals surface area contributed by atoms with E-state index in [2.05, 4.69) is 40.6 Å². The SMILES string of the molecule is COC(=O)C(CSC)NC(=O)c1ccccc1-c1ccccc1C(=O)NC(CSN[C@@H](CS)C(=O)S)C(=O)OC. The van der Waals surface area contributed by atoms with Gasteiger partial charge in [-0.05, 0) is 29.5 Å². The maximum absolute atomic E-state index is 13.4. The Morgan fingerprint density at radius 3 is 1.62 bits per heavy atom. The van der Waals surface area contributed by atoms with Crippen molar-refractivity contribution >= 4 is 77.8 Å². The lowest BCUT2D eigenvalue weighted by molar-refractivity contribution is -0.143. The lowest BCUT2D eigenvalue weighted by Crippen LogP contribution is -2.44. The summed E-state index contributed by atoms with van der Waals surface area (Å²) < 4.78 is 12.5. The van der Waals surface area contributed by atoms with E-state index in [1.165, 1.54) is 26.0 Å². The molecule has 2 rings (SSSR count). The van der Waals surface area contributed by atoms with E-state index in [1.807, 2.05) is 0 Å². The fourth-order valence-electron chi connectivity index (χ4n) is 3.49. The minimum absolute atomic E-state index is 0.0509. The Balaban J connectivity index is 2.33. The van der Waals surface area contributed by atoms with Crippen LogP contribution in [0.25, 0.3) is 11.1 Å². The van der Waals surface area contributed by atoms with Gasteiger partial charge in [0.25, 0.3) is 11.8 Å². The van der Waals surface area contributed by atoms with Gasteiger partial charge in [0.05, 0.1) is 20.3 Å². The van der Waals surface area contributed by atoms with Gasteiger partial charge in [0.1, 0.15) is 12.1 Å². The van der Waals surface area contributed by atoms with Crippen LogP contribution >= 0.6 is 49.0 Å². The highest BCUT2D eigenvalue weighted by Crippen LogP contribution is 2.28. The van der Waals surface area contributed by atoms with Crippen LogP contribution in [-0.2, 0) is 23.9 Å². The van der Waals surface area contributed by atoms with E-state index in [0.717, 1.165) is 11.9 Å². The van der Waals surface area contributed by atoms with Gasteiger partial charge in [0, 0.05) is 28.4 Å². The van der Waals surface area contributed by atoms with Crippen LogP contribution in [0, 0.1) is 0 Å². The zero-order valence-corrected chi connectivity index (χ0v) is 25.5. The summed E-state index contributed by atoms with van der Waals surface area (Å²) in [5.74, 6) is -1.77. The lowest BCUT2D eigenvalue weighted by atomic mass is 9.94. The number of rotatable bonds is 15. The summed E-state index contributed by atoms with van der Waals surface area (Å²) in [6.45, 7) is 0. The molecule has 14 heteroatoms. The van der Waals surface area contributed by atoms with Crippen molar-refractivity contribution in [2.45, 2.75) is 18.1 Å². The van der Waals surface area contributed by atoms with Gasteiger partial charge in [-0.2, -0.15) is 24.4 Å². The van der Waals surface area contributed by atoms with Crippen LogP contribution in [0.1, 0.15) is 20.7 Å². The molecule has 0 bridgehead atoms. The number of hydrogen-bond acceptors (Lipinski definition) is 11. The van der Waals surface area contributed by atoms with E-state index < -0.39 is 47.0 Å². The number of amides is 2. The number of thioether (sulfide) groups is 1. The first-order valence-electron chi connectivity index (χ1n) is 11.8. The maximum atomic E-state index is 13.4. The molecular formula is C26H31N3O7S4. The van der Waals surface area contributed by atoms with Gasteiger partial charge in [-0.15, -0.1) is 12.6 Å². The summed E-state index contributed by atoms with van der Waals surface area (Å²) in [4.78, 5) is 62.7. The molecule has 0 saturated carbocycles. The molecule has 0 fully saturated rings. The quantitative estimate of drug-likeness (QED) is 0.114. The number of thiol groups is 2. The molecule has 2 aromatic carbocycles. The lowest BCUT2D eigenvalue weighted by Gasteiger charge is -2.20. The second kappa shape index (κ2) is 17.2. The van der Waals surface area contributed by atoms with Crippen molar-refractivity contribution in [3.8, 4) is 11.1 Å². The van der Waals surface area contributed by atoms with Crippen molar-refractivity contribution in [1.29, 1.82) is 0 Å². The fourth-order valence-corrected chi connectivity index (χ4v) is 5.68. The van der Waals surface area contributed by atoms with Crippen molar-refractivity contribution in [3.63, 3.8) is 0 Å². The summed E-state index contributed by atoms with van der Waals surface area (Å²) in [7, 11) is 2.45. The van der Waals surface area contributed by atoms with E-state index >= 15 is 0 Å². The molecule has 216 valence electrons. The molecule has 0 aromatic heterocycles. The summed E-state index contributed by atoms with van der Waals surface area (Å²) in [5, 5.41) is 4.96. The molecule has 0 aliphatic carbocycles. The van der Waals surface area contributed by atoms with Gasteiger partial charge in [0.2, 0.25) is 5.12 Å². The summed E-state index contributed by atoms with van der Waals surface area (Å²) >= 11 is 10.3. The zero-order valence-electron chi connectivity index (χ0n) is 22.0. The van der Waals surface area contributed by atoms with Crippen molar-refractivity contribution < 1.29 is 33.4 Å². The van der Waals surface area contributed by atoms with Crippen LogP contribution in [0.5, 0.6) is 0 Å². The van der Waals surface area contributed by atoms with Crippen LogP contribution in [0.4, 0.5) is 0 Å². The normalized spacial score (nSPS) is 12.9. The number of hydrogen-bond donors (Lipinski definition) is 5. The Bertz CT molecular complexity index is 1210. The van der Waals surface area contributed by atoms with Gasteiger partial charge in [-0.3, -0.25) is 19.1 Å². The zero-order chi connectivity index (χ0) is 29.7. The average Bonchev–Trinajstić information content (AvgIpc) is 2.97. The molecule has 2 unspecified atom stereocenters. The standard InChI is InChI=1S/C26H31N3O7S4/c1-35-24(32)20(13-39-3)27-22(30)17-10-6-4-8-15(17)16-9-5-7-11-18(16)23(31)28-21(25(33)36-2)14-40-29-19(12-37)26(34)38/h4-11,19-21,29,37H,12-14H2,1-3H3,(H,27,30)(H,28,31)(H,34,38)/t19-,20?,21?/m0/s1. The summed E-state index contributed by atoms with van der Waals surface area (Å²) in [6, 6.07) is 10.7. The van der Waals surface area contributed by atoms with E-state index in [1.54, 1.807) is 54.8 Å². The number of ether oxygens (including phenoxy) is 2. The molecular weight excluding hydrogens is 595 g/mol. The first kappa shape index (κ1) is 33.6. The Morgan fingerprint density at radius 2 is 1.23 bits per heavy atom. The third kappa shape index (κ3) is 9.47. The maximum Gasteiger partial charge on any atom is 0.329 e.